The highest BCUT2D eigenvalue weighted by Crippen LogP contribution is 2.15. The number of esters is 1. The van der Waals surface area contributed by atoms with Gasteiger partial charge in [-0.15, -0.1) is 0 Å². The monoisotopic (exact) mass is 239 g/mol. The first kappa shape index (κ1) is 13.3. The average molecular weight is 240 g/mol. The molecular weight excluding hydrogens is 228 g/mol. The maximum Gasteiger partial charge on any atom is 0.310 e. The van der Waals surface area contributed by atoms with E-state index in [1.807, 2.05) is 0 Å². The number of sulfone groups is 1. The van der Waals surface area contributed by atoms with E-state index in [0.29, 0.717) is 0 Å². The Kier molecular flexibility index (Phi) is 5.01. The van der Waals surface area contributed by atoms with Crippen molar-refractivity contribution in [3.8, 4) is 0 Å². The number of ether oxygens (including phenoxy) is 1. The minimum absolute atomic E-state index is 0.00222. The summed E-state index contributed by atoms with van der Waals surface area (Å²) in [6.45, 7) is 3.55. The minimum atomic E-state index is -3.41. The van der Waals surface area contributed by atoms with Crippen molar-refractivity contribution in [1.29, 1.82) is 0 Å². The maximum atomic E-state index is 10.9. The number of methoxy groups -OCH3 is 1. The lowest BCUT2D eigenvalue weighted by Crippen LogP contribution is -2.07. The number of carbonyl (C=O) groups excluding carboxylic acids is 1. The number of hydrogen-bond donors (Lipinski definition) is 0. The quantitative estimate of drug-likeness (QED) is 0.545. The van der Waals surface area contributed by atoms with E-state index in [2.05, 4.69) is 11.7 Å². The molecule has 0 heterocycles. The van der Waals surface area contributed by atoms with Crippen LogP contribution in [0.15, 0.2) is 10.4 Å². The van der Waals surface area contributed by atoms with Crippen LogP contribution in [-0.2, 0) is 19.4 Å². The molecule has 0 saturated heterocycles. The Morgan fingerprint density at radius 2 is 2.14 bits per heavy atom. The summed E-state index contributed by atoms with van der Waals surface area (Å²) in [6.07, 6.45) is 2.20. The lowest BCUT2D eigenvalue weighted by atomic mass is 10.1. The average Bonchev–Trinajstić information content (AvgIpc) is 2.02. The third-order valence-corrected chi connectivity index (χ3v) is 3.19. The van der Waals surface area contributed by atoms with Gasteiger partial charge in [-0.05, 0) is 6.08 Å². The SMILES string of the molecule is [CH2+]C(/C=C(\Cl)S(C)(=O)=O)CC(=O)OC. The molecule has 0 saturated carbocycles. The van der Waals surface area contributed by atoms with Gasteiger partial charge in [-0.2, -0.15) is 0 Å². The Balaban J connectivity index is 4.45. The predicted molar refractivity (Wildman–Crippen MR) is 54.3 cm³/mol. The van der Waals surface area contributed by atoms with Gasteiger partial charge in [0.05, 0.1) is 20.5 Å². The Morgan fingerprint density at radius 1 is 1.64 bits per heavy atom. The molecule has 0 aromatic rings. The summed E-state index contributed by atoms with van der Waals surface area (Å²) in [5.41, 5.74) is 0. The van der Waals surface area contributed by atoms with E-state index in [1.165, 1.54) is 13.2 Å². The van der Waals surface area contributed by atoms with E-state index in [4.69, 9.17) is 11.6 Å². The van der Waals surface area contributed by atoms with Crippen molar-refractivity contribution in [2.75, 3.05) is 13.4 Å². The van der Waals surface area contributed by atoms with Crippen LogP contribution in [0.2, 0.25) is 0 Å². The van der Waals surface area contributed by atoms with Crippen LogP contribution >= 0.6 is 11.6 Å². The van der Waals surface area contributed by atoms with Gasteiger partial charge in [-0.25, -0.2) is 8.42 Å². The molecular formula is C8H12ClO4S+. The van der Waals surface area contributed by atoms with Crippen LogP contribution in [-0.4, -0.2) is 27.8 Å². The van der Waals surface area contributed by atoms with Crippen LogP contribution in [0.3, 0.4) is 0 Å². The normalized spacial score (nSPS) is 14.9. The van der Waals surface area contributed by atoms with E-state index in [1.54, 1.807) is 0 Å². The molecule has 6 heteroatoms. The van der Waals surface area contributed by atoms with Crippen molar-refractivity contribution >= 4 is 27.4 Å². The number of halogens is 1. The van der Waals surface area contributed by atoms with Gasteiger partial charge in [0.15, 0.2) is 9.84 Å². The number of allylic oxidation sites excluding steroid dienone is 1. The van der Waals surface area contributed by atoms with Crippen LogP contribution in [0.4, 0.5) is 0 Å². The Morgan fingerprint density at radius 3 is 2.50 bits per heavy atom. The van der Waals surface area contributed by atoms with Crippen LogP contribution < -0.4 is 0 Å². The van der Waals surface area contributed by atoms with E-state index in [0.717, 1.165) is 6.26 Å². The molecule has 0 aliphatic carbocycles. The third-order valence-electron chi connectivity index (χ3n) is 1.38. The maximum absolute atomic E-state index is 10.9. The highest BCUT2D eigenvalue weighted by molar-refractivity contribution is 7.96. The molecule has 80 valence electrons. The Hall–Kier alpha value is -0.680. The van der Waals surface area contributed by atoms with Crippen molar-refractivity contribution in [3.05, 3.63) is 17.4 Å². The first-order chi connectivity index (χ1) is 6.27. The molecule has 0 bridgehead atoms. The fourth-order valence-corrected chi connectivity index (χ4v) is 1.28. The molecule has 0 aromatic heterocycles. The van der Waals surface area contributed by atoms with Crippen molar-refractivity contribution in [2.24, 2.45) is 5.92 Å². The van der Waals surface area contributed by atoms with E-state index < -0.39 is 21.7 Å². The van der Waals surface area contributed by atoms with Gasteiger partial charge in [0.2, 0.25) is 0 Å². The molecule has 0 aliphatic heterocycles. The molecule has 0 spiro atoms. The van der Waals surface area contributed by atoms with Crippen LogP contribution in [0.5, 0.6) is 0 Å². The minimum Gasteiger partial charge on any atom is -0.469 e. The molecule has 0 rings (SSSR count). The van der Waals surface area contributed by atoms with Crippen molar-refractivity contribution in [1.82, 2.24) is 0 Å². The van der Waals surface area contributed by atoms with Crippen LogP contribution in [0.25, 0.3) is 0 Å². The Labute approximate surface area is 88.8 Å². The second-order valence-corrected chi connectivity index (χ2v) is 5.40. The van der Waals surface area contributed by atoms with Gasteiger partial charge in [0.25, 0.3) is 0 Å². The standard InChI is InChI=1S/C8H12ClO4S/c1-6(5-8(10)13-2)4-7(9)14(3,11)12/h4,6H,1,5H2,2-3H3/q+1/b7-4+. The molecule has 0 aromatic carbocycles. The first-order valence-corrected chi connectivity index (χ1v) is 6.01. The van der Waals surface area contributed by atoms with Crippen molar-refractivity contribution < 1.29 is 17.9 Å². The van der Waals surface area contributed by atoms with Gasteiger partial charge in [-0.3, -0.25) is 4.79 Å². The lowest BCUT2D eigenvalue weighted by molar-refractivity contribution is -0.141. The fraction of sp³-hybridized carbons (Fsp3) is 0.500. The summed E-state index contributed by atoms with van der Waals surface area (Å²) in [5.74, 6) is -0.969. The van der Waals surface area contributed by atoms with Gasteiger partial charge in [-0.1, -0.05) is 11.6 Å². The molecule has 0 N–H and O–H groups in total. The Bertz CT molecular complexity index is 331. The number of hydrogen-bond acceptors (Lipinski definition) is 4. The lowest BCUT2D eigenvalue weighted by Gasteiger charge is -2.00. The smallest absolute Gasteiger partial charge is 0.310 e. The highest BCUT2D eigenvalue weighted by Gasteiger charge is 2.16. The van der Waals surface area contributed by atoms with Crippen LogP contribution in [0, 0.1) is 12.8 Å². The molecule has 4 nitrogen and oxygen atoms in total. The van der Waals surface area contributed by atoms with Crippen molar-refractivity contribution in [2.45, 2.75) is 6.42 Å². The summed E-state index contributed by atoms with van der Waals surface area (Å²) in [5, 5.41) is 0. The van der Waals surface area contributed by atoms with Gasteiger partial charge in [0.1, 0.15) is 10.3 Å². The molecule has 1 unspecified atom stereocenters. The third kappa shape index (κ3) is 5.14. The summed E-state index contributed by atoms with van der Waals surface area (Å²) in [7, 11) is -2.16. The molecule has 1 atom stereocenters. The molecule has 0 radical (unpaired) electrons. The summed E-state index contributed by atoms with van der Waals surface area (Å²) in [6, 6.07) is 0. The van der Waals surface area contributed by atoms with Gasteiger partial charge >= 0.3 is 5.97 Å². The van der Waals surface area contributed by atoms with Gasteiger partial charge < -0.3 is 4.74 Å². The molecule has 14 heavy (non-hydrogen) atoms. The first-order valence-electron chi connectivity index (χ1n) is 3.74. The van der Waals surface area contributed by atoms with Crippen molar-refractivity contribution in [3.63, 3.8) is 0 Å². The summed E-state index contributed by atoms with van der Waals surface area (Å²) < 4.78 is 25.8. The van der Waals surface area contributed by atoms with Crippen LogP contribution in [0.1, 0.15) is 6.42 Å². The topological polar surface area (TPSA) is 60.4 Å². The molecule has 0 aliphatic rings. The summed E-state index contributed by atoms with van der Waals surface area (Å²) >= 11 is 5.46. The predicted octanol–water partition coefficient (Wildman–Crippen LogP) is 1.12. The number of rotatable bonds is 4. The van der Waals surface area contributed by atoms with Gasteiger partial charge in [0, 0.05) is 6.26 Å². The zero-order valence-electron chi connectivity index (χ0n) is 7.99. The zero-order valence-corrected chi connectivity index (χ0v) is 9.56. The summed E-state index contributed by atoms with van der Waals surface area (Å²) in [4.78, 5) is 10.8. The molecule has 0 fully saturated rings. The largest absolute Gasteiger partial charge is 0.469 e. The highest BCUT2D eigenvalue weighted by atomic mass is 35.5. The van der Waals surface area contributed by atoms with E-state index >= 15 is 0 Å². The zero-order chi connectivity index (χ0) is 11.4. The second kappa shape index (κ2) is 5.26. The number of carbonyl (C=O) groups is 1. The second-order valence-electron chi connectivity index (χ2n) is 2.78. The fourth-order valence-electron chi connectivity index (χ4n) is 0.665. The molecule has 0 amide bonds. The van der Waals surface area contributed by atoms with E-state index in [-0.39, 0.29) is 10.8 Å². The van der Waals surface area contributed by atoms with E-state index in [9.17, 15) is 13.2 Å².